The monoisotopic (exact) mass is 634 g/mol. The molecule has 0 spiro atoms. The minimum absolute atomic E-state index is 0.186. The smallest absolute Gasteiger partial charge is 0.338 e. The highest BCUT2D eigenvalue weighted by Crippen LogP contribution is 2.61. The van der Waals surface area contributed by atoms with Crippen LogP contribution in [-0.4, -0.2) is 30.3 Å². The van der Waals surface area contributed by atoms with Gasteiger partial charge in [0.2, 0.25) is 11.8 Å². The first-order valence-corrected chi connectivity index (χ1v) is 14.9. The Morgan fingerprint density at radius 1 is 0.767 bits per heavy atom. The Hall–Kier alpha value is -4.56. The van der Waals surface area contributed by atoms with Gasteiger partial charge in [0, 0.05) is 22.0 Å². The maximum absolute atomic E-state index is 13.9. The Labute approximate surface area is 257 Å². The number of carbonyl (C=O) groups excluding carboxylic acids is 4. The molecule has 1 heterocycles. The van der Waals surface area contributed by atoms with E-state index >= 15 is 0 Å². The fourth-order valence-electron chi connectivity index (χ4n) is 7.11. The molecular formula is C35H27BrN2O5. The first-order valence-electron chi connectivity index (χ1n) is 14.1. The topological polar surface area (TPSA) is 92.8 Å². The van der Waals surface area contributed by atoms with Gasteiger partial charge in [-0.3, -0.25) is 14.4 Å². The normalized spacial score (nSPS) is 21.2. The zero-order chi connectivity index (χ0) is 30.0. The molecule has 8 rings (SSSR count). The number of benzene rings is 4. The van der Waals surface area contributed by atoms with E-state index in [4.69, 9.17) is 4.74 Å². The molecule has 4 aliphatic rings. The molecule has 2 bridgehead atoms. The van der Waals surface area contributed by atoms with Crippen molar-refractivity contribution in [3.63, 3.8) is 0 Å². The number of imide groups is 1. The number of ether oxygens (including phenoxy) is 1. The molecule has 0 aromatic heterocycles. The summed E-state index contributed by atoms with van der Waals surface area (Å²) >= 11 is 3.50. The van der Waals surface area contributed by atoms with Crippen LogP contribution < -0.4 is 10.2 Å². The molecule has 7 nitrogen and oxygen atoms in total. The van der Waals surface area contributed by atoms with Gasteiger partial charge in [-0.1, -0.05) is 64.5 Å². The SMILES string of the molecule is Cc1cc(NC(=O)COC(=O)c2ccc(N3C(=O)[C@H]4C5c6ccccc6C(c6ccccc65)[C@@H]4C3=O)cc2)cc(C)c1Br. The maximum Gasteiger partial charge on any atom is 0.338 e. The number of esters is 1. The zero-order valence-corrected chi connectivity index (χ0v) is 25.1. The van der Waals surface area contributed by atoms with Crippen molar-refractivity contribution in [1.82, 2.24) is 0 Å². The predicted octanol–water partition coefficient (Wildman–Crippen LogP) is 6.26. The Balaban J connectivity index is 1.07. The number of amides is 3. The van der Waals surface area contributed by atoms with Gasteiger partial charge in [-0.2, -0.15) is 0 Å². The first-order chi connectivity index (χ1) is 20.7. The van der Waals surface area contributed by atoms with Gasteiger partial charge in [0.05, 0.1) is 23.1 Å². The summed E-state index contributed by atoms with van der Waals surface area (Å²) in [5.74, 6) is -2.92. The number of rotatable bonds is 5. The van der Waals surface area contributed by atoms with Crippen molar-refractivity contribution in [2.45, 2.75) is 25.7 Å². The highest BCUT2D eigenvalue weighted by molar-refractivity contribution is 9.10. The van der Waals surface area contributed by atoms with E-state index < -0.39 is 30.3 Å². The molecule has 0 saturated carbocycles. The van der Waals surface area contributed by atoms with Gasteiger partial charge < -0.3 is 10.1 Å². The number of hydrogen-bond acceptors (Lipinski definition) is 5. The molecule has 1 N–H and O–H groups in total. The lowest BCUT2D eigenvalue weighted by Gasteiger charge is -2.45. The Bertz CT molecular complexity index is 1710. The standard InChI is InChI=1S/C35H27BrN2O5/c1-18-15-21(16-19(2)32(18)36)37-27(39)17-43-35(42)20-11-13-22(14-12-20)38-33(40)30-28-23-7-3-4-8-24(23)29(31(30)34(38)41)26-10-6-5-9-25(26)28/h3-16,28-31H,17H2,1-2H3,(H,37,39)/t28?,29?,30-,31-/m0/s1. The molecule has 3 aliphatic carbocycles. The second kappa shape index (κ2) is 10.3. The van der Waals surface area contributed by atoms with Crippen molar-refractivity contribution in [2.24, 2.45) is 11.8 Å². The Morgan fingerprint density at radius 3 is 1.70 bits per heavy atom. The number of carbonyl (C=O) groups is 4. The van der Waals surface area contributed by atoms with Gasteiger partial charge in [-0.05, 0) is 83.6 Å². The highest BCUT2D eigenvalue weighted by Gasteiger charge is 2.61. The molecule has 4 aromatic rings. The summed E-state index contributed by atoms with van der Waals surface area (Å²) in [7, 11) is 0. The van der Waals surface area contributed by atoms with E-state index in [1.807, 2.05) is 50.2 Å². The number of aryl methyl sites for hydroxylation is 2. The van der Waals surface area contributed by atoms with Gasteiger partial charge in [0.15, 0.2) is 6.61 Å². The molecule has 43 heavy (non-hydrogen) atoms. The minimum atomic E-state index is -0.679. The Kier molecular flexibility index (Phi) is 6.54. The molecule has 4 aromatic carbocycles. The van der Waals surface area contributed by atoms with E-state index in [0.717, 1.165) is 37.9 Å². The lowest BCUT2D eigenvalue weighted by molar-refractivity contribution is -0.122. The third-order valence-corrected chi connectivity index (χ3v) is 10.1. The van der Waals surface area contributed by atoms with Gasteiger partial charge in [-0.25, -0.2) is 9.69 Å². The summed E-state index contributed by atoms with van der Waals surface area (Å²) in [6.45, 7) is 3.40. The number of nitrogens with zero attached hydrogens (tertiary/aromatic N) is 1. The first kappa shape index (κ1) is 27.3. The number of hydrogen-bond donors (Lipinski definition) is 1. The lowest BCUT2D eigenvalue weighted by atomic mass is 9.55. The van der Waals surface area contributed by atoms with Crippen LogP contribution in [0.4, 0.5) is 11.4 Å². The largest absolute Gasteiger partial charge is 0.452 e. The van der Waals surface area contributed by atoms with Gasteiger partial charge in [0.1, 0.15) is 0 Å². The fourth-order valence-corrected chi connectivity index (χ4v) is 7.34. The number of anilines is 2. The molecule has 0 radical (unpaired) electrons. The van der Waals surface area contributed by atoms with Gasteiger partial charge >= 0.3 is 5.97 Å². The summed E-state index contributed by atoms with van der Waals surface area (Å²) < 4.78 is 6.20. The van der Waals surface area contributed by atoms with E-state index in [2.05, 4.69) is 45.5 Å². The highest BCUT2D eigenvalue weighted by atomic mass is 79.9. The molecule has 8 heteroatoms. The summed E-state index contributed by atoms with van der Waals surface area (Å²) in [6, 6.07) is 26.1. The molecule has 2 atom stereocenters. The molecule has 3 amide bonds. The molecule has 1 fully saturated rings. The van der Waals surface area contributed by atoms with Crippen LogP contribution >= 0.6 is 15.9 Å². The maximum atomic E-state index is 13.9. The van der Waals surface area contributed by atoms with Gasteiger partial charge in [-0.15, -0.1) is 0 Å². The van der Waals surface area contributed by atoms with E-state index in [1.54, 1.807) is 12.1 Å². The molecule has 0 unspecified atom stereocenters. The molecule has 1 saturated heterocycles. The van der Waals surface area contributed by atoms with E-state index in [-0.39, 0.29) is 29.2 Å². The number of halogens is 1. The lowest BCUT2D eigenvalue weighted by Crippen LogP contribution is -2.41. The van der Waals surface area contributed by atoms with Crippen LogP contribution in [0.25, 0.3) is 0 Å². The van der Waals surface area contributed by atoms with Crippen LogP contribution in [0.2, 0.25) is 0 Å². The van der Waals surface area contributed by atoms with Gasteiger partial charge in [0.25, 0.3) is 5.91 Å². The third kappa shape index (κ3) is 4.31. The summed E-state index contributed by atoms with van der Waals surface area (Å²) in [6.07, 6.45) is 0. The number of nitrogens with one attached hydrogen (secondary N) is 1. The van der Waals surface area contributed by atoms with Crippen LogP contribution in [0.5, 0.6) is 0 Å². The van der Waals surface area contributed by atoms with Crippen molar-refractivity contribution in [3.8, 4) is 0 Å². The quantitative estimate of drug-likeness (QED) is 0.207. The summed E-state index contributed by atoms with van der Waals surface area (Å²) in [5, 5.41) is 2.74. The van der Waals surface area contributed by atoms with E-state index in [0.29, 0.717) is 11.4 Å². The van der Waals surface area contributed by atoms with E-state index in [9.17, 15) is 19.2 Å². The van der Waals surface area contributed by atoms with Crippen molar-refractivity contribution in [2.75, 3.05) is 16.8 Å². The summed E-state index contributed by atoms with van der Waals surface area (Å²) in [5.41, 5.74) is 7.64. The molecular weight excluding hydrogens is 608 g/mol. The zero-order valence-electron chi connectivity index (χ0n) is 23.5. The Morgan fingerprint density at radius 2 is 1.23 bits per heavy atom. The summed E-state index contributed by atoms with van der Waals surface area (Å²) in [4.78, 5) is 54.3. The molecule has 1 aliphatic heterocycles. The van der Waals surface area contributed by atoms with Crippen molar-refractivity contribution in [3.05, 3.63) is 128 Å². The second-order valence-corrected chi connectivity index (χ2v) is 12.2. The van der Waals surface area contributed by atoms with Crippen molar-refractivity contribution in [1.29, 1.82) is 0 Å². The second-order valence-electron chi connectivity index (χ2n) is 11.4. The van der Waals surface area contributed by atoms with Crippen molar-refractivity contribution >= 4 is 51.0 Å². The average molecular weight is 636 g/mol. The van der Waals surface area contributed by atoms with Crippen LogP contribution in [0.3, 0.4) is 0 Å². The minimum Gasteiger partial charge on any atom is -0.452 e. The predicted molar refractivity (Wildman–Crippen MR) is 165 cm³/mol. The molecule has 214 valence electrons. The average Bonchev–Trinajstić information content (AvgIpc) is 3.28. The van der Waals surface area contributed by atoms with Crippen LogP contribution in [-0.2, 0) is 19.1 Å². The van der Waals surface area contributed by atoms with Crippen molar-refractivity contribution < 1.29 is 23.9 Å². The van der Waals surface area contributed by atoms with Crippen LogP contribution in [0.1, 0.15) is 55.6 Å². The van der Waals surface area contributed by atoms with Crippen LogP contribution in [0.15, 0.2) is 89.4 Å². The van der Waals surface area contributed by atoms with Crippen LogP contribution in [0, 0.1) is 25.7 Å². The third-order valence-electron chi connectivity index (χ3n) is 8.86. The fraction of sp³-hybridized carbons (Fsp3) is 0.200. The van der Waals surface area contributed by atoms with E-state index in [1.165, 1.54) is 17.0 Å².